The summed E-state index contributed by atoms with van der Waals surface area (Å²) in [5, 5.41) is 30.1. The van der Waals surface area contributed by atoms with Gasteiger partial charge in [-0.2, -0.15) is 0 Å². The van der Waals surface area contributed by atoms with Crippen LogP contribution in [-0.4, -0.2) is 54.3 Å². The second kappa shape index (κ2) is 15.1. The molecule has 0 spiro atoms. The van der Waals surface area contributed by atoms with Crippen LogP contribution in [0.5, 0.6) is 5.75 Å². The van der Waals surface area contributed by atoms with Crippen LogP contribution in [0, 0.1) is 16.6 Å². The number of amides is 1. The van der Waals surface area contributed by atoms with Crippen LogP contribution in [0.2, 0.25) is 0 Å². The third kappa shape index (κ3) is 8.05. The molecule has 0 aromatic heterocycles. The summed E-state index contributed by atoms with van der Waals surface area (Å²) >= 11 is 0. The Bertz CT molecular complexity index is 1830. The van der Waals surface area contributed by atoms with Gasteiger partial charge in [-0.1, -0.05) is 48.1 Å². The zero-order valence-corrected chi connectivity index (χ0v) is 28.5. The molecule has 2 aliphatic carbocycles. The van der Waals surface area contributed by atoms with Crippen LogP contribution in [0.1, 0.15) is 75.6 Å². The molecule has 49 heavy (non-hydrogen) atoms. The largest absolute Gasteiger partial charge is 0.490 e. The minimum Gasteiger partial charge on any atom is -0.490 e. The molecule has 1 aliphatic heterocycles. The van der Waals surface area contributed by atoms with Gasteiger partial charge in [0.1, 0.15) is 0 Å². The third-order valence-corrected chi connectivity index (χ3v) is 8.82. The highest BCUT2D eigenvalue weighted by Crippen LogP contribution is 2.45. The van der Waals surface area contributed by atoms with Crippen molar-refractivity contribution in [1.29, 1.82) is 10.8 Å². The summed E-state index contributed by atoms with van der Waals surface area (Å²) in [6.45, 7) is 7.90. The smallest absolute Gasteiger partial charge is 0.337 e. The van der Waals surface area contributed by atoms with Crippen LogP contribution >= 0.6 is 0 Å². The highest BCUT2D eigenvalue weighted by Gasteiger charge is 2.36. The molecule has 1 atom stereocenters. The van der Waals surface area contributed by atoms with Gasteiger partial charge in [-0.3, -0.25) is 4.79 Å². The van der Waals surface area contributed by atoms with Crippen LogP contribution in [-0.2, 0) is 27.2 Å². The van der Waals surface area contributed by atoms with Crippen molar-refractivity contribution >= 4 is 29.9 Å². The molecular weight excluding hydrogens is 621 g/mol. The highest BCUT2D eigenvalue weighted by atomic mass is 19.1. The van der Waals surface area contributed by atoms with E-state index in [9.17, 15) is 14.7 Å². The summed E-state index contributed by atoms with van der Waals surface area (Å²) in [4.78, 5) is 27.0. The maximum absolute atomic E-state index is 16.0. The van der Waals surface area contributed by atoms with Crippen molar-refractivity contribution in [2.75, 3.05) is 13.2 Å². The number of aliphatic carboxylic acids is 1. The quantitative estimate of drug-likeness (QED) is 0.185. The molecule has 5 rings (SSSR count). The van der Waals surface area contributed by atoms with Crippen molar-refractivity contribution in [3.8, 4) is 5.75 Å². The van der Waals surface area contributed by atoms with Gasteiger partial charge < -0.3 is 30.7 Å². The molecule has 2 aromatic rings. The standard InChI is InChI=1S/C40H44FN3O5/c1-24-12-13-27-19-26(14-16-42)20-28(38(45)44-17-15-25-9-6-5-7-10-25)21-30(27)35(34(24)37(39(46)47)49-40(2,3)4)31-22-33(41)36-29(32(31)23-43)11-8-18-48-36/h5-7,9-10,12,16,19,21-23,37,42-43H,8,11,13-15,17-18,20H2,1-4H3,(H,44,45)(H,46,47). The van der Waals surface area contributed by atoms with Crippen molar-refractivity contribution in [3.05, 3.63) is 116 Å². The molecule has 1 unspecified atom stereocenters. The normalized spacial score (nSPS) is 16.9. The van der Waals surface area contributed by atoms with E-state index in [1.807, 2.05) is 49.4 Å². The van der Waals surface area contributed by atoms with E-state index in [0.29, 0.717) is 89.8 Å². The molecule has 0 saturated carbocycles. The fourth-order valence-corrected chi connectivity index (χ4v) is 6.65. The van der Waals surface area contributed by atoms with E-state index < -0.39 is 23.5 Å². The van der Waals surface area contributed by atoms with Gasteiger partial charge in [0.25, 0.3) is 0 Å². The number of carbonyl (C=O) groups excluding carboxylic acids is 1. The number of benzene rings is 2. The van der Waals surface area contributed by atoms with Crippen molar-refractivity contribution < 1.29 is 28.6 Å². The van der Waals surface area contributed by atoms with Crippen LogP contribution in [0.25, 0.3) is 5.57 Å². The SMILES string of the molecule is CC1=CCC2=C(C=C(C(=O)NCCc3ccccc3)CC(CC=N)=C2)C(c2cc(F)c3c(c2C=N)CCCO3)=C1C(OC(C)(C)C)C(=O)O. The molecule has 4 N–H and O–H groups in total. The minimum absolute atomic E-state index is 0.106. The maximum atomic E-state index is 16.0. The Morgan fingerprint density at radius 1 is 1.16 bits per heavy atom. The van der Waals surface area contributed by atoms with Gasteiger partial charge in [0.15, 0.2) is 17.7 Å². The molecule has 9 heteroatoms. The zero-order chi connectivity index (χ0) is 35.3. The molecule has 3 aliphatic rings. The summed E-state index contributed by atoms with van der Waals surface area (Å²) in [6.07, 6.45) is 9.46. The number of fused-ring (bicyclic) bond motifs is 1. The fourth-order valence-electron chi connectivity index (χ4n) is 6.65. The Kier molecular flexibility index (Phi) is 10.9. The van der Waals surface area contributed by atoms with Gasteiger partial charge in [-0.05, 0) is 112 Å². The molecule has 256 valence electrons. The third-order valence-electron chi connectivity index (χ3n) is 8.82. The molecule has 1 amide bonds. The van der Waals surface area contributed by atoms with E-state index in [2.05, 4.69) is 5.32 Å². The lowest BCUT2D eigenvalue weighted by Gasteiger charge is -2.30. The summed E-state index contributed by atoms with van der Waals surface area (Å²) < 4.78 is 27.9. The van der Waals surface area contributed by atoms with Gasteiger partial charge in [-0.25, -0.2) is 9.18 Å². The Labute approximate surface area is 287 Å². The van der Waals surface area contributed by atoms with Crippen molar-refractivity contribution in [1.82, 2.24) is 5.32 Å². The number of allylic oxidation sites excluding steroid dienone is 7. The molecule has 0 saturated heterocycles. The Morgan fingerprint density at radius 3 is 2.59 bits per heavy atom. The summed E-state index contributed by atoms with van der Waals surface area (Å²) in [5.41, 5.74) is 5.53. The van der Waals surface area contributed by atoms with Crippen molar-refractivity contribution in [2.24, 2.45) is 0 Å². The maximum Gasteiger partial charge on any atom is 0.337 e. The fraction of sp³-hybridized carbons (Fsp3) is 0.350. The van der Waals surface area contributed by atoms with Crippen LogP contribution < -0.4 is 10.1 Å². The molecule has 0 radical (unpaired) electrons. The predicted molar refractivity (Wildman–Crippen MR) is 190 cm³/mol. The van der Waals surface area contributed by atoms with Crippen molar-refractivity contribution in [3.63, 3.8) is 0 Å². The number of nitrogens with one attached hydrogen (secondary N) is 3. The second-order valence-electron chi connectivity index (χ2n) is 13.5. The van der Waals surface area contributed by atoms with Crippen LogP contribution in [0.4, 0.5) is 4.39 Å². The highest BCUT2D eigenvalue weighted by molar-refractivity contribution is 6.02. The number of hydrogen-bond acceptors (Lipinski definition) is 6. The first-order chi connectivity index (χ1) is 23.4. The van der Waals surface area contributed by atoms with Crippen molar-refractivity contribution in [2.45, 2.75) is 77.9 Å². The zero-order valence-electron chi connectivity index (χ0n) is 28.5. The molecular formula is C40H44FN3O5. The lowest BCUT2D eigenvalue weighted by molar-refractivity contribution is -0.155. The number of rotatable bonds is 11. The first kappa shape index (κ1) is 35.4. The number of carbonyl (C=O) groups is 2. The van der Waals surface area contributed by atoms with Gasteiger partial charge in [0, 0.05) is 41.5 Å². The van der Waals surface area contributed by atoms with E-state index in [-0.39, 0.29) is 18.1 Å². The lowest BCUT2D eigenvalue weighted by atomic mass is 9.81. The second-order valence-corrected chi connectivity index (χ2v) is 13.5. The summed E-state index contributed by atoms with van der Waals surface area (Å²) in [6, 6.07) is 11.2. The first-order valence-electron chi connectivity index (χ1n) is 16.7. The summed E-state index contributed by atoms with van der Waals surface area (Å²) in [7, 11) is 0. The number of hydrogen-bond donors (Lipinski definition) is 4. The van der Waals surface area contributed by atoms with E-state index >= 15 is 4.39 Å². The average Bonchev–Trinajstić information content (AvgIpc) is 3.32. The molecule has 0 bridgehead atoms. The molecule has 0 fully saturated rings. The number of carboxylic acid groups (broad SMARTS) is 1. The molecule has 1 heterocycles. The molecule has 8 nitrogen and oxygen atoms in total. The lowest BCUT2D eigenvalue weighted by Crippen LogP contribution is -2.35. The number of ether oxygens (including phenoxy) is 2. The van der Waals surface area contributed by atoms with E-state index in [0.717, 1.165) is 16.7 Å². The Balaban J connectivity index is 1.78. The van der Waals surface area contributed by atoms with Crippen LogP contribution in [0.3, 0.4) is 0 Å². The van der Waals surface area contributed by atoms with Gasteiger partial charge in [-0.15, -0.1) is 0 Å². The monoisotopic (exact) mass is 665 g/mol. The summed E-state index contributed by atoms with van der Waals surface area (Å²) in [5.74, 6) is -1.99. The number of carboxylic acids is 1. The molecule has 2 aromatic carbocycles. The van der Waals surface area contributed by atoms with E-state index in [4.69, 9.17) is 20.3 Å². The Hall–Kier alpha value is -4.89. The van der Waals surface area contributed by atoms with E-state index in [1.165, 1.54) is 18.5 Å². The van der Waals surface area contributed by atoms with Gasteiger partial charge in [0.05, 0.1) is 12.2 Å². The van der Waals surface area contributed by atoms with E-state index in [1.54, 1.807) is 26.8 Å². The first-order valence-corrected chi connectivity index (χ1v) is 16.7. The van der Waals surface area contributed by atoms with Crippen LogP contribution in [0.15, 0.2) is 88.1 Å². The number of halogens is 1. The average molecular weight is 666 g/mol. The van der Waals surface area contributed by atoms with Gasteiger partial charge >= 0.3 is 5.97 Å². The Morgan fingerprint density at radius 2 is 1.92 bits per heavy atom. The topological polar surface area (TPSA) is 133 Å². The predicted octanol–water partition coefficient (Wildman–Crippen LogP) is 7.47. The van der Waals surface area contributed by atoms with Gasteiger partial charge in [0.2, 0.25) is 5.91 Å². The minimum atomic E-state index is -1.45.